The van der Waals surface area contributed by atoms with E-state index in [1.807, 2.05) is 13.1 Å². The number of hydrogen-bond acceptors (Lipinski definition) is 3. The van der Waals surface area contributed by atoms with Crippen molar-refractivity contribution in [3.05, 3.63) is 75.9 Å². The van der Waals surface area contributed by atoms with Crippen molar-refractivity contribution >= 4 is 17.2 Å². The summed E-state index contributed by atoms with van der Waals surface area (Å²) >= 11 is 5.99. The fourth-order valence-corrected chi connectivity index (χ4v) is 3.73. The van der Waals surface area contributed by atoms with Gasteiger partial charge in [0.15, 0.2) is 0 Å². The van der Waals surface area contributed by atoms with E-state index in [4.69, 9.17) is 11.6 Å². The van der Waals surface area contributed by atoms with Gasteiger partial charge in [-0.1, -0.05) is 42.0 Å². The minimum atomic E-state index is 0.326. The first-order valence-electron chi connectivity index (χ1n) is 8.36. The summed E-state index contributed by atoms with van der Waals surface area (Å²) in [6, 6.07) is 10.7. The zero-order valence-electron chi connectivity index (χ0n) is 13.8. The van der Waals surface area contributed by atoms with Crippen LogP contribution >= 0.6 is 11.6 Å². The van der Waals surface area contributed by atoms with Gasteiger partial charge in [0.2, 0.25) is 5.28 Å². The van der Waals surface area contributed by atoms with Gasteiger partial charge in [-0.15, -0.1) is 0 Å². The molecule has 1 aromatic carbocycles. The minimum Gasteiger partial charge on any atom is -0.295 e. The first-order chi connectivity index (χ1) is 11.7. The highest BCUT2D eigenvalue weighted by Gasteiger charge is 2.25. The van der Waals surface area contributed by atoms with E-state index >= 15 is 0 Å². The summed E-state index contributed by atoms with van der Waals surface area (Å²) in [5.74, 6) is 0. The average Bonchev–Trinajstić information content (AvgIpc) is 3.01. The minimum absolute atomic E-state index is 0.326. The monoisotopic (exact) mass is 337 g/mol. The van der Waals surface area contributed by atoms with Crippen LogP contribution in [0.4, 0.5) is 0 Å². The number of aryl methyl sites for hydroxylation is 1. The van der Waals surface area contributed by atoms with Crippen LogP contribution in [-0.2, 0) is 6.54 Å². The van der Waals surface area contributed by atoms with E-state index in [9.17, 15) is 0 Å². The molecule has 0 atom stereocenters. The van der Waals surface area contributed by atoms with Crippen LogP contribution in [0.2, 0.25) is 5.28 Å². The second-order valence-electron chi connectivity index (χ2n) is 6.59. The lowest BCUT2D eigenvalue weighted by Crippen LogP contribution is -2.30. The van der Waals surface area contributed by atoms with Crippen molar-refractivity contribution in [1.82, 2.24) is 14.9 Å². The maximum atomic E-state index is 5.99. The molecule has 0 unspecified atom stereocenters. The van der Waals surface area contributed by atoms with Gasteiger partial charge in [0.05, 0.1) is 5.69 Å². The number of halogens is 1. The van der Waals surface area contributed by atoms with E-state index in [2.05, 4.69) is 51.3 Å². The Bertz CT molecular complexity index is 824. The van der Waals surface area contributed by atoms with Crippen molar-refractivity contribution in [1.29, 1.82) is 0 Å². The Labute approximate surface area is 147 Å². The molecule has 0 spiro atoms. The standard InChI is InChI=1S/C20H20ClN3/c1-14-11-22-20(21)23-19(14)17-9-16-7-8-24(13-18(16)10-17)12-15-5-3-2-4-6-15/h2-6,10-11H,7-9,12-13H2,1H3. The van der Waals surface area contributed by atoms with Gasteiger partial charge in [0, 0.05) is 25.8 Å². The highest BCUT2D eigenvalue weighted by atomic mass is 35.5. The second kappa shape index (κ2) is 6.50. The maximum Gasteiger partial charge on any atom is 0.222 e. The van der Waals surface area contributed by atoms with Crippen molar-refractivity contribution < 1.29 is 0 Å². The molecule has 0 N–H and O–H groups in total. The lowest BCUT2D eigenvalue weighted by Gasteiger charge is -2.28. The average molecular weight is 338 g/mol. The molecule has 0 saturated heterocycles. The Morgan fingerprint density at radius 3 is 2.88 bits per heavy atom. The van der Waals surface area contributed by atoms with E-state index in [0.717, 1.165) is 43.7 Å². The summed E-state index contributed by atoms with van der Waals surface area (Å²) in [6.07, 6.45) is 6.27. The molecule has 2 heterocycles. The molecule has 4 rings (SSSR count). The van der Waals surface area contributed by atoms with E-state index in [1.165, 1.54) is 16.7 Å². The van der Waals surface area contributed by atoms with E-state index in [0.29, 0.717) is 5.28 Å². The van der Waals surface area contributed by atoms with Gasteiger partial charge < -0.3 is 0 Å². The number of nitrogens with zero attached hydrogens (tertiary/aromatic N) is 3. The molecule has 0 bridgehead atoms. The summed E-state index contributed by atoms with van der Waals surface area (Å²) in [5.41, 5.74) is 7.76. The topological polar surface area (TPSA) is 29.0 Å². The smallest absolute Gasteiger partial charge is 0.222 e. The third-order valence-electron chi connectivity index (χ3n) is 4.83. The molecule has 0 radical (unpaired) electrons. The van der Waals surface area contributed by atoms with Crippen LogP contribution < -0.4 is 0 Å². The third-order valence-corrected chi connectivity index (χ3v) is 5.01. The molecule has 3 nitrogen and oxygen atoms in total. The number of rotatable bonds is 3. The van der Waals surface area contributed by atoms with E-state index in [1.54, 1.807) is 5.57 Å². The summed E-state index contributed by atoms with van der Waals surface area (Å²) < 4.78 is 0. The number of hydrogen-bond donors (Lipinski definition) is 0. The maximum absolute atomic E-state index is 5.99. The summed E-state index contributed by atoms with van der Waals surface area (Å²) in [6.45, 7) is 5.20. The molecule has 1 aromatic heterocycles. The highest BCUT2D eigenvalue weighted by Crippen LogP contribution is 2.37. The zero-order valence-corrected chi connectivity index (χ0v) is 14.6. The van der Waals surface area contributed by atoms with Gasteiger partial charge in [0.1, 0.15) is 0 Å². The van der Waals surface area contributed by atoms with Gasteiger partial charge in [-0.05, 0) is 53.6 Å². The highest BCUT2D eigenvalue weighted by molar-refractivity contribution is 6.28. The Hall–Kier alpha value is -1.97. The molecular formula is C20H20ClN3. The van der Waals surface area contributed by atoms with Crippen LogP contribution in [0.25, 0.3) is 5.57 Å². The SMILES string of the molecule is Cc1cnc(Cl)nc1C1=CC2=C(CCN(Cc3ccccc3)C2)C1. The van der Waals surface area contributed by atoms with Crippen LogP contribution in [0.5, 0.6) is 0 Å². The van der Waals surface area contributed by atoms with E-state index < -0.39 is 0 Å². The molecule has 4 heteroatoms. The van der Waals surface area contributed by atoms with Crippen LogP contribution in [0.15, 0.2) is 53.8 Å². The molecule has 0 amide bonds. The Morgan fingerprint density at radius 1 is 1.21 bits per heavy atom. The van der Waals surface area contributed by atoms with Crippen LogP contribution in [0.3, 0.4) is 0 Å². The Morgan fingerprint density at radius 2 is 2.04 bits per heavy atom. The fourth-order valence-electron chi connectivity index (χ4n) is 3.60. The van der Waals surface area contributed by atoms with Gasteiger partial charge >= 0.3 is 0 Å². The van der Waals surface area contributed by atoms with Crippen molar-refractivity contribution in [2.45, 2.75) is 26.3 Å². The summed E-state index contributed by atoms with van der Waals surface area (Å²) in [7, 11) is 0. The molecular weight excluding hydrogens is 318 g/mol. The number of aromatic nitrogens is 2. The first kappa shape index (κ1) is 15.6. The van der Waals surface area contributed by atoms with Crippen molar-refractivity contribution in [2.75, 3.05) is 13.1 Å². The predicted octanol–water partition coefficient (Wildman–Crippen LogP) is 4.43. The second-order valence-corrected chi connectivity index (χ2v) is 6.93. The normalized spacial score (nSPS) is 17.8. The quantitative estimate of drug-likeness (QED) is 0.776. The number of allylic oxidation sites excluding steroid dienone is 1. The van der Waals surface area contributed by atoms with Crippen molar-refractivity contribution in [2.24, 2.45) is 0 Å². The fraction of sp³-hybridized carbons (Fsp3) is 0.300. The molecule has 24 heavy (non-hydrogen) atoms. The van der Waals surface area contributed by atoms with Crippen molar-refractivity contribution in [3.8, 4) is 0 Å². The summed E-state index contributed by atoms with van der Waals surface area (Å²) in [5, 5.41) is 0.326. The van der Waals surface area contributed by atoms with Gasteiger partial charge in [0.25, 0.3) is 0 Å². The van der Waals surface area contributed by atoms with Crippen molar-refractivity contribution in [3.63, 3.8) is 0 Å². The zero-order chi connectivity index (χ0) is 16.5. The largest absolute Gasteiger partial charge is 0.295 e. The molecule has 2 aliphatic rings. The molecule has 122 valence electrons. The van der Waals surface area contributed by atoms with Crippen LogP contribution in [0.1, 0.15) is 29.7 Å². The molecule has 0 fully saturated rings. The summed E-state index contributed by atoms with van der Waals surface area (Å²) in [4.78, 5) is 11.0. The first-order valence-corrected chi connectivity index (χ1v) is 8.74. The molecule has 1 aliphatic heterocycles. The van der Waals surface area contributed by atoms with Gasteiger partial charge in [-0.3, -0.25) is 4.90 Å². The van der Waals surface area contributed by atoms with Gasteiger partial charge in [-0.25, -0.2) is 9.97 Å². The molecule has 1 aliphatic carbocycles. The van der Waals surface area contributed by atoms with Gasteiger partial charge in [-0.2, -0.15) is 0 Å². The number of benzene rings is 1. The molecule has 2 aromatic rings. The molecule has 0 saturated carbocycles. The third kappa shape index (κ3) is 3.14. The van der Waals surface area contributed by atoms with E-state index in [-0.39, 0.29) is 0 Å². The van der Waals surface area contributed by atoms with Crippen LogP contribution in [0, 0.1) is 6.92 Å². The Kier molecular flexibility index (Phi) is 4.21. The Balaban J connectivity index is 1.51. The predicted molar refractivity (Wildman–Crippen MR) is 97.7 cm³/mol. The lowest BCUT2D eigenvalue weighted by atomic mass is 10.00. The lowest BCUT2D eigenvalue weighted by molar-refractivity contribution is 0.280. The van der Waals surface area contributed by atoms with Crippen LogP contribution in [-0.4, -0.2) is 28.0 Å².